The summed E-state index contributed by atoms with van der Waals surface area (Å²) < 4.78 is 5.28. The Morgan fingerprint density at radius 2 is 2.53 bits per heavy atom. The second kappa shape index (κ2) is 6.20. The Kier molecular flexibility index (Phi) is 4.59. The fourth-order valence-electron chi connectivity index (χ4n) is 2.38. The molecular weight excluding hydrogens is 264 g/mol. The molecule has 0 amide bonds. The van der Waals surface area contributed by atoms with Crippen LogP contribution < -0.4 is 10.6 Å². The van der Waals surface area contributed by atoms with E-state index in [1.54, 1.807) is 19.4 Å². The molecule has 1 aliphatic rings. The van der Waals surface area contributed by atoms with Gasteiger partial charge in [0.1, 0.15) is 16.9 Å². The second-order valence-electron chi connectivity index (χ2n) is 4.73. The molecule has 1 fully saturated rings. The van der Waals surface area contributed by atoms with Crippen molar-refractivity contribution in [3.8, 4) is 6.07 Å². The van der Waals surface area contributed by atoms with Crippen LogP contribution in [0.4, 0.5) is 5.82 Å². The van der Waals surface area contributed by atoms with Gasteiger partial charge in [-0.1, -0.05) is 11.6 Å². The van der Waals surface area contributed by atoms with Crippen LogP contribution in [0.3, 0.4) is 0 Å². The third-order valence-electron chi connectivity index (χ3n) is 3.36. The van der Waals surface area contributed by atoms with Gasteiger partial charge in [0.05, 0.1) is 17.7 Å². The quantitative estimate of drug-likeness (QED) is 0.860. The zero-order valence-corrected chi connectivity index (χ0v) is 11.6. The molecule has 1 aromatic rings. The summed E-state index contributed by atoms with van der Waals surface area (Å²) in [5.74, 6) is 0.546. The minimum absolute atomic E-state index is 0.0809. The maximum atomic E-state index is 8.94. The van der Waals surface area contributed by atoms with Gasteiger partial charge in [0.25, 0.3) is 0 Å². The fourth-order valence-corrected chi connectivity index (χ4v) is 2.60. The van der Waals surface area contributed by atoms with Crippen molar-refractivity contribution in [3.63, 3.8) is 0 Å². The Hall–Kier alpha value is -1.35. The minimum atomic E-state index is -0.0809. The summed E-state index contributed by atoms with van der Waals surface area (Å²) in [6.07, 6.45) is 3.76. The highest BCUT2D eigenvalue weighted by atomic mass is 35.5. The van der Waals surface area contributed by atoms with Crippen molar-refractivity contribution in [1.82, 2.24) is 10.3 Å². The van der Waals surface area contributed by atoms with E-state index in [-0.39, 0.29) is 5.54 Å². The minimum Gasteiger partial charge on any atom is -0.383 e. The SMILES string of the molecule is COCC1(CNc2nccc(C#N)c2Cl)CCCN1. The molecule has 1 unspecified atom stereocenters. The van der Waals surface area contributed by atoms with Gasteiger partial charge in [-0.2, -0.15) is 5.26 Å². The van der Waals surface area contributed by atoms with Crippen molar-refractivity contribution >= 4 is 17.4 Å². The van der Waals surface area contributed by atoms with Crippen molar-refractivity contribution in [1.29, 1.82) is 5.26 Å². The van der Waals surface area contributed by atoms with Gasteiger partial charge in [-0.3, -0.25) is 0 Å². The maximum absolute atomic E-state index is 8.94. The normalized spacial score (nSPS) is 22.2. The van der Waals surface area contributed by atoms with E-state index in [2.05, 4.69) is 15.6 Å². The van der Waals surface area contributed by atoms with E-state index in [4.69, 9.17) is 21.6 Å². The molecule has 0 spiro atoms. The number of rotatable bonds is 5. The van der Waals surface area contributed by atoms with Crippen LogP contribution >= 0.6 is 11.6 Å². The van der Waals surface area contributed by atoms with Gasteiger partial charge in [0.15, 0.2) is 0 Å². The lowest BCUT2D eigenvalue weighted by Crippen LogP contribution is -2.49. The van der Waals surface area contributed by atoms with Crippen LogP contribution in [0.5, 0.6) is 0 Å². The number of halogens is 1. The Bertz CT molecular complexity index is 480. The molecule has 2 heterocycles. The molecule has 2 rings (SSSR count). The van der Waals surface area contributed by atoms with Crippen molar-refractivity contribution in [2.75, 3.05) is 32.1 Å². The molecule has 0 saturated carbocycles. The van der Waals surface area contributed by atoms with Gasteiger partial charge >= 0.3 is 0 Å². The van der Waals surface area contributed by atoms with E-state index in [9.17, 15) is 0 Å². The number of nitrogens with one attached hydrogen (secondary N) is 2. The Balaban J connectivity index is 2.07. The molecule has 2 N–H and O–H groups in total. The van der Waals surface area contributed by atoms with Crippen LogP contribution in [0, 0.1) is 11.3 Å². The zero-order valence-electron chi connectivity index (χ0n) is 10.9. The number of aromatic nitrogens is 1. The maximum Gasteiger partial charge on any atom is 0.146 e. The molecule has 1 aromatic heterocycles. The van der Waals surface area contributed by atoms with E-state index in [0.29, 0.717) is 29.6 Å². The van der Waals surface area contributed by atoms with E-state index in [1.807, 2.05) is 6.07 Å². The number of hydrogen-bond donors (Lipinski definition) is 2. The smallest absolute Gasteiger partial charge is 0.146 e. The van der Waals surface area contributed by atoms with Crippen molar-refractivity contribution < 1.29 is 4.74 Å². The molecule has 1 saturated heterocycles. The number of pyridine rings is 1. The van der Waals surface area contributed by atoms with Crippen molar-refractivity contribution in [2.24, 2.45) is 0 Å². The second-order valence-corrected chi connectivity index (χ2v) is 5.11. The summed E-state index contributed by atoms with van der Waals surface area (Å²) in [5.41, 5.74) is 0.349. The third kappa shape index (κ3) is 3.16. The van der Waals surface area contributed by atoms with Crippen LogP contribution in [0.2, 0.25) is 5.02 Å². The highest BCUT2D eigenvalue weighted by Gasteiger charge is 2.33. The highest BCUT2D eigenvalue weighted by molar-refractivity contribution is 6.34. The summed E-state index contributed by atoms with van der Waals surface area (Å²) >= 11 is 6.12. The topological polar surface area (TPSA) is 70.0 Å². The molecule has 5 nitrogen and oxygen atoms in total. The van der Waals surface area contributed by atoms with Crippen LogP contribution in [0.15, 0.2) is 12.3 Å². The molecule has 0 radical (unpaired) electrons. The molecule has 102 valence electrons. The van der Waals surface area contributed by atoms with Gasteiger partial charge in [0.2, 0.25) is 0 Å². The molecule has 1 atom stereocenters. The lowest BCUT2D eigenvalue weighted by atomic mass is 9.98. The summed E-state index contributed by atoms with van der Waals surface area (Å²) in [5, 5.41) is 16.0. The number of anilines is 1. The van der Waals surface area contributed by atoms with E-state index in [1.165, 1.54) is 0 Å². The Morgan fingerprint density at radius 1 is 1.68 bits per heavy atom. The Labute approximate surface area is 117 Å². The first-order valence-electron chi connectivity index (χ1n) is 6.23. The lowest BCUT2D eigenvalue weighted by molar-refractivity contribution is 0.127. The Morgan fingerprint density at radius 3 is 3.16 bits per heavy atom. The zero-order chi connectivity index (χ0) is 13.7. The monoisotopic (exact) mass is 280 g/mol. The van der Waals surface area contributed by atoms with Crippen LogP contribution in [0.25, 0.3) is 0 Å². The van der Waals surface area contributed by atoms with Crippen LogP contribution in [0.1, 0.15) is 18.4 Å². The number of nitriles is 1. The standard InChI is InChI=1S/C13H17ClN4O/c1-19-9-13(4-2-5-18-13)8-17-12-11(14)10(7-15)3-6-16-12/h3,6,18H,2,4-5,8-9H2,1H3,(H,16,17). The van der Waals surface area contributed by atoms with E-state index >= 15 is 0 Å². The molecule has 19 heavy (non-hydrogen) atoms. The molecule has 0 bridgehead atoms. The number of hydrogen-bond acceptors (Lipinski definition) is 5. The van der Waals surface area contributed by atoms with Crippen molar-refractivity contribution in [2.45, 2.75) is 18.4 Å². The first kappa shape index (κ1) is 14.1. The summed E-state index contributed by atoms with van der Waals surface area (Å²) in [6.45, 7) is 2.29. The largest absolute Gasteiger partial charge is 0.383 e. The number of ether oxygens (including phenoxy) is 1. The number of methoxy groups -OCH3 is 1. The first-order chi connectivity index (χ1) is 9.21. The predicted octanol–water partition coefficient (Wildman–Crippen LogP) is 1.79. The predicted molar refractivity (Wildman–Crippen MR) is 74.3 cm³/mol. The highest BCUT2D eigenvalue weighted by Crippen LogP contribution is 2.25. The molecule has 1 aliphatic heterocycles. The average molecular weight is 281 g/mol. The van der Waals surface area contributed by atoms with Gasteiger partial charge in [-0.05, 0) is 25.5 Å². The van der Waals surface area contributed by atoms with Crippen LogP contribution in [-0.4, -0.2) is 37.3 Å². The summed E-state index contributed by atoms with van der Waals surface area (Å²) in [6, 6.07) is 3.65. The van der Waals surface area contributed by atoms with Crippen LogP contribution in [-0.2, 0) is 4.74 Å². The third-order valence-corrected chi connectivity index (χ3v) is 3.74. The van der Waals surface area contributed by atoms with Gasteiger partial charge in [-0.25, -0.2) is 4.98 Å². The molecule has 0 aromatic carbocycles. The fraction of sp³-hybridized carbons (Fsp3) is 0.538. The average Bonchev–Trinajstić information content (AvgIpc) is 2.87. The summed E-state index contributed by atoms with van der Waals surface area (Å²) in [4.78, 5) is 4.18. The molecule has 0 aliphatic carbocycles. The van der Waals surface area contributed by atoms with Gasteiger partial charge in [0, 0.05) is 19.9 Å². The van der Waals surface area contributed by atoms with E-state index in [0.717, 1.165) is 19.4 Å². The molecule has 6 heteroatoms. The van der Waals surface area contributed by atoms with Crippen molar-refractivity contribution in [3.05, 3.63) is 22.8 Å². The van der Waals surface area contributed by atoms with Gasteiger partial charge < -0.3 is 15.4 Å². The van der Waals surface area contributed by atoms with E-state index < -0.39 is 0 Å². The number of nitrogens with zero attached hydrogens (tertiary/aromatic N) is 2. The summed E-state index contributed by atoms with van der Waals surface area (Å²) in [7, 11) is 1.70. The lowest BCUT2D eigenvalue weighted by Gasteiger charge is -2.29. The first-order valence-corrected chi connectivity index (χ1v) is 6.61. The molecular formula is C13H17ClN4O. The van der Waals surface area contributed by atoms with Gasteiger partial charge in [-0.15, -0.1) is 0 Å².